The van der Waals surface area contributed by atoms with Gasteiger partial charge in [-0.15, -0.1) is 16.4 Å². The van der Waals surface area contributed by atoms with Crippen LogP contribution in [0.25, 0.3) is 0 Å². The predicted molar refractivity (Wildman–Crippen MR) is 120 cm³/mol. The fourth-order valence-electron chi connectivity index (χ4n) is 4.05. The molecule has 5 rings (SSSR count). The number of benzene rings is 1. The Hall–Kier alpha value is -2.75. The van der Waals surface area contributed by atoms with E-state index in [4.69, 9.17) is 16.3 Å². The maximum absolute atomic E-state index is 13.1. The summed E-state index contributed by atoms with van der Waals surface area (Å²) < 4.78 is 7.75. The molecule has 1 atom stereocenters. The Balaban J connectivity index is 1.24. The highest BCUT2D eigenvalue weighted by Gasteiger charge is 2.32. The minimum absolute atomic E-state index is 0.0345. The van der Waals surface area contributed by atoms with Gasteiger partial charge in [0.1, 0.15) is 6.10 Å². The Morgan fingerprint density at radius 2 is 1.75 bits per heavy atom. The number of nitrogens with zero attached hydrogens (tertiary/aromatic N) is 5. The fourth-order valence-corrected chi connectivity index (χ4v) is 5.07. The molecule has 1 saturated heterocycles. The molecule has 32 heavy (non-hydrogen) atoms. The first-order chi connectivity index (χ1) is 15.5. The Morgan fingerprint density at radius 3 is 2.41 bits per heavy atom. The lowest BCUT2D eigenvalue weighted by atomic mass is 10.1. The van der Waals surface area contributed by atoms with Crippen molar-refractivity contribution in [1.82, 2.24) is 24.8 Å². The lowest BCUT2D eigenvalue weighted by Gasteiger charge is -2.34. The zero-order valence-corrected chi connectivity index (χ0v) is 19.1. The summed E-state index contributed by atoms with van der Waals surface area (Å²) in [6, 6.07) is 9.47. The van der Waals surface area contributed by atoms with E-state index < -0.39 is 0 Å². The summed E-state index contributed by atoms with van der Waals surface area (Å²) in [4.78, 5) is 30.2. The smallest absolute Gasteiger partial charge is 0.276 e. The minimum atomic E-state index is -0.167. The van der Waals surface area contributed by atoms with Gasteiger partial charge in [-0.05, 0) is 41.6 Å². The maximum atomic E-state index is 13.1. The highest BCUT2D eigenvalue weighted by atomic mass is 35.5. The van der Waals surface area contributed by atoms with Crippen LogP contribution in [0.1, 0.15) is 43.1 Å². The number of aromatic nitrogens is 3. The number of aryl methyl sites for hydroxylation is 1. The second-order valence-electron chi connectivity index (χ2n) is 7.94. The van der Waals surface area contributed by atoms with Crippen molar-refractivity contribution in [2.75, 3.05) is 26.2 Å². The van der Waals surface area contributed by atoms with Crippen LogP contribution in [-0.4, -0.2) is 62.8 Å². The number of hydrogen-bond donors (Lipinski definition) is 0. The molecular formula is C22H22ClN5O3S. The molecule has 2 amide bonds. The average Bonchev–Trinajstić information content (AvgIpc) is 3.44. The van der Waals surface area contributed by atoms with Gasteiger partial charge in [-0.25, -0.2) is 4.68 Å². The first-order valence-electron chi connectivity index (χ1n) is 10.4. The molecule has 3 aromatic rings. The van der Waals surface area contributed by atoms with Crippen molar-refractivity contribution in [3.63, 3.8) is 0 Å². The minimum Gasteiger partial charge on any atom is -0.365 e. The van der Waals surface area contributed by atoms with E-state index in [1.807, 2.05) is 47.5 Å². The molecule has 2 aliphatic rings. The van der Waals surface area contributed by atoms with E-state index >= 15 is 0 Å². The Labute approximate surface area is 194 Å². The van der Waals surface area contributed by atoms with E-state index in [9.17, 15) is 9.59 Å². The molecule has 0 spiro atoms. The van der Waals surface area contributed by atoms with Crippen LogP contribution in [0, 0.1) is 6.92 Å². The number of thiophene rings is 1. The summed E-state index contributed by atoms with van der Waals surface area (Å²) in [5.74, 6) is -0.133. The summed E-state index contributed by atoms with van der Waals surface area (Å²) in [5.41, 5.74) is 3.01. The van der Waals surface area contributed by atoms with Crippen LogP contribution in [0.15, 0.2) is 35.7 Å². The standard InChI is InChI=1S/C22H22ClN5O3S/c1-14-6-11-32-20(14)22(30)27-9-7-26(8-10-27)21(29)19-17-13-31-18(12-28(17)25-24-19)15-2-4-16(23)5-3-15/h2-6,11,18H,7-10,12-13H2,1H3/t18-/m0/s1. The Kier molecular flexibility index (Phi) is 5.71. The average molecular weight is 472 g/mol. The van der Waals surface area contributed by atoms with E-state index in [1.165, 1.54) is 11.3 Å². The summed E-state index contributed by atoms with van der Waals surface area (Å²) in [6.45, 7) is 4.63. The highest BCUT2D eigenvalue weighted by molar-refractivity contribution is 7.12. The van der Waals surface area contributed by atoms with Gasteiger partial charge in [-0.2, -0.15) is 0 Å². The molecule has 0 radical (unpaired) electrons. The van der Waals surface area contributed by atoms with Crippen LogP contribution >= 0.6 is 22.9 Å². The molecule has 0 N–H and O–H groups in total. The second-order valence-corrected chi connectivity index (χ2v) is 9.29. The van der Waals surface area contributed by atoms with Gasteiger partial charge in [-0.3, -0.25) is 9.59 Å². The number of piperazine rings is 1. The number of halogens is 1. The Bertz CT molecular complexity index is 1150. The molecule has 0 saturated carbocycles. The molecule has 0 bridgehead atoms. The summed E-state index contributed by atoms with van der Waals surface area (Å²) in [6.07, 6.45) is -0.167. The van der Waals surface area contributed by atoms with Crippen molar-refractivity contribution in [1.29, 1.82) is 0 Å². The molecule has 8 nitrogen and oxygen atoms in total. The highest BCUT2D eigenvalue weighted by Crippen LogP contribution is 2.28. The number of carbonyl (C=O) groups excluding carboxylic acids is 2. The van der Waals surface area contributed by atoms with E-state index in [0.29, 0.717) is 49.1 Å². The van der Waals surface area contributed by atoms with Gasteiger partial charge in [0.05, 0.1) is 23.7 Å². The quantitative estimate of drug-likeness (QED) is 0.586. The van der Waals surface area contributed by atoms with E-state index in [0.717, 1.165) is 16.0 Å². The number of rotatable bonds is 3. The third kappa shape index (κ3) is 3.92. The first kappa shape index (κ1) is 21.1. The lowest BCUT2D eigenvalue weighted by molar-refractivity contribution is -0.00202. The molecule has 4 heterocycles. The van der Waals surface area contributed by atoms with E-state index in [2.05, 4.69) is 10.3 Å². The van der Waals surface area contributed by atoms with E-state index in [1.54, 1.807) is 9.58 Å². The fraction of sp³-hybridized carbons (Fsp3) is 0.364. The van der Waals surface area contributed by atoms with Crippen LogP contribution in [0.4, 0.5) is 0 Å². The van der Waals surface area contributed by atoms with Crippen molar-refractivity contribution in [2.45, 2.75) is 26.2 Å². The third-order valence-corrected chi connectivity index (χ3v) is 7.21. The topological polar surface area (TPSA) is 80.6 Å². The van der Waals surface area contributed by atoms with Gasteiger partial charge >= 0.3 is 0 Å². The van der Waals surface area contributed by atoms with Gasteiger partial charge in [0.15, 0.2) is 5.69 Å². The Morgan fingerprint density at radius 1 is 1.06 bits per heavy atom. The molecule has 166 valence electrons. The predicted octanol–water partition coefficient (Wildman–Crippen LogP) is 3.17. The normalized spacial score (nSPS) is 18.5. The van der Waals surface area contributed by atoms with Crippen molar-refractivity contribution in [2.24, 2.45) is 0 Å². The third-order valence-electron chi connectivity index (χ3n) is 5.95. The largest absolute Gasteiger partial charge is 0.365 e. The number of amides is 2. The zero-order valence-electron chi connectivity index (χ0n) is 17.5. The van der Waals surface area contributed by atoms with Crippen LogP contribution in [-0.2, 0) is 17.9 Å². The summed E-state index contributed by atoms with van der Waals surface area (Å²) in [7, 11) is 0. The van der Waals surface area contributed by atoms with Gasteiger partial charge < -0.3 is 14.5 Å². The first-order valence-corrected chi connectivity index (χ1v) is 11.7. The monoisotopic (exact) mass is 471 g/mol. The molecule has 10 heteroatoms. The molecule has 2 aromatic heterocycles. The molecular weight excluding hydrogens is 450 g/mol. The van der Waals surface area contributed by atoms with Crippen LogP contribution in [0.2, 0.25) is 5.02 Å². The number of fused-ring (bicyclic) bond motifs is 1. The molecule has 1 fully saturated rings. The number of carbonyl (C=O) groups is 2. The second kappa shape index (κ2) is 8.65. The summed E-state index contributed by atoms with van der Waals surface area (Å²) in [5, 5.41) is 11.0. The maximum Gasteiger partial charge on any atom is 0.276 e. The molecule has 0 aliphatic carbocycles. The zero-order chi connectivity index (χ0) is 22.2. The van der Waals surface area contributed by atoms with Crippen molar-refractivity contribution >= 4 is 34.8 Å². The molecule has 0 unspecified atom stereocenters. The van der Waals surface area contributed by atoms with Gasteiger partial charge in [0, 0.05) is 31.2 Å². The van der Waals surface area contributed by atoms with Gasteiger partial charge in [0.25, 0.3) is 11.8 Å². The van der Waals surface area contributed by atoms with Crippen LogP contribution in [0.5, 0.6) is 0 Å². The van der Waals surface area contributed by atoms with Crippen LogP contribution < -0.4 is 0 Å². The van der Waals surface area contributed by atoms with E-state index in [-0.39, 0.29) is 24.5 Å². The van der Waals surface area contributed by atoms with Crippen molar-refractivity contribution in [3.8, 4) is 0 Å². The number of hydrogen-bond acceptors (Lipinski definition) is 6. The van der Waals surface area contributed by atoms with Crippen LogP contribution in [0.3, 0.4) is 0 Å². The molecule has 2 aliphatic heterocycles. The number of ether oxygens (including phenoxy) is 1. The molecule has 1 aromatic carbocycles. The van der Waals surface area contributed by atoms with Crippen molar-refractivity contribution < 1.29 is 14.3 Å². The lowest BCUT2D eigenvalue weighted by Crippen LogP contribution is -2.50. The van der Waals surface area contributed by atoms with Gasteiger partial charge in [0.2, 0.25) is 0 Å². The summed E-state index contributed by atoms with van der Waals surface area (Å²) >= 11 is 7.43. The SMILES string of the molecule is Cc1ccsc1C(=O)N1CCN(C(=O)c2nnn3c2CO[C@H](c2ccc(Cl)cc2)C3)CC1. The van der Waals surface area contributed by atoms with Crippen molar-refractivity contribution in [3.05, 3.63) is 68.1 Å². The van der Waals surface area contributed by atoms with Gasteiger partial charge in [-0.1, -0.05) is 28.9 Å².